The second-order valence-corrected chi connectivity index (χ2v) is 3.75. The van der Waals surface area contributed by atoms with Crippen molar-refractivity contribution in [2.24, 2.45) is 5.73 Å². The Morgan fingerprint density at radius 1 is 1.53 bits per heavy atom. The number of hydrogen-bond acceptors (Lipinski definition) is 5. The molecule has 0 radical (unpaired) electrons. The Labute approximate surface area is 101 Å². The molecule has 1 rings (SSSR count). The molecule has 1 aromatic rings. The summed E-state index contributed by atoms with van der Waals surface area (Å²) in [5.74, 6) is 0.982. The predicted octanol–water partition coefficient (Wildman–Crippen LogP) is 0.610. The Balaban J connectivity index is 2.82. The molecule has 0 fully saturated rings. The SMILES string of the molecule is CCCCN(CC(N)=O)c1cncc(NC)n1. The van der Waals surface area contributed by atoms with Gasteiger partial charge in [-0.3, -0.25) is 9.78 Å². The van der Waals surface area contributed by atoms with Gasteiger partial charge in [0.15, 0.2) is 0 Å². The maximum Gasteiger partial charge on any atom is 0.236 e. The average Bonchev–Trinajstić information content (AvgIpc) is 2.34. The molecule has 0 saturated heterocycles. The summed E-state index contributed by atoms with van der Waals surface area (Å²) in [6, 6.07) is 0. The lowest BCUT2D eigenvalue weighted by Crippen LogP contribution is -2.35. The molecular weight excluding hydrogens is 218 g/mol. The summed E-state index contributed by atoms with van der Waals surface area (Å²) in [5, 5.41) is 2.92. The van der Waals surface area contributed by atoms with Gasteiger partial charge in [0.2, 0.25) is 5.91 Å². The number of carbonyl (C=O) groups is 1. The molecule has 0 aliphatic carbocycles. The summed E-state index contributed by atoms with van der Waals surface area (Å²) in [7, 11) is 1.78. The third-order valence-corrected chi connectivity index (χ3v) is 2.33. The molecule has 6 nitrogen and oxygen atoms in total. The predicted molar refractivity (Wildman–Crippen MR) is 67.9 cm³/mol. The van der Waals surface area contributed by atoms with E-state index in [1.807, 2.05) is 4.90 Å². The van der Waals surface area contributed by atoms with Crippen molar-refractivity contribution in [2.45, 2.75) is 19.8 Å². The monoisotopic (exact) mass is 237 g/mol. The van der Waals surface area contributed by atoms with E-state index < -0.39 is 0 Å². The molecule has 1 aromatic heterocycles. The van der Waals surface area contributed by atoms with Gasteiger partial charge in [-0.2, -0.15) is 0 Å². The maximum absolute atomic E-state index is 11.0. The minimum atomic E-state index is -0.363. The molecule has 17 heavy (non-hydrogen) atoms. The Morgan fingerprint density at radius 3 is 2.88 bits per heavy atom. The normalized spacial score (nSPS) is 10.0. The van der Waals surface area contributed by atoms with Crippen LogP contribution < -0.4 is 16.0 Å². The first-order chi connectivity index (χ1) is 8.17. The summed E-state index contributed by atoms with van der Waals surface area (Å²) in [5.41, 5.74) is 5.23. The van der Waals surface area contributed by atoms with E-state index in [2.05, 4.69) is 22.2 Å². The van der Waals surface area contributed by atoms with E-state index in [-0.39, 0.29) is 12.5 Å². The largest absolute Gasteiger partial charge is 0.372 e. The van der Waals surface area contributed by atoms with Crippen LogP contribution in [0, 0.1) is 0 Å². The van der Waals surface area contributed by atoms with Gasteiger partial charge in [-0.15, -0.1) is 0 Å². The Morgan fingerprint density at radius 2 is 2.29 bits per heavy atom. The van der Waals surface area contributed by atoms with E-state index in [1.165, 1.54) is 0 Å². The van der Waals surface area contributed by atoms with Gasteiger partial charge in [0.05, 0.1) is 18.9 Å². The topological polar surface area (TPSA) is 84.1 Å². The second-order valence-electron chi connectivity index (χ2n) is 3.75. The fourth-order valence-electron chi connectivity index (χ4n) is 1.44. The number of unbranched alkanes of at least 4 members (excludes halogenated alkanes) is 1. The lowest BCUT2D eigenvalue weighted by atomic mass is 10.3. The molecule has 1 heterocycles. The van der Waals surface area contributed by atoms with Crippen LogP contribution in [0.3, 0.4) is 0 Å². The molecule has 3 N–H and O–H groups in total. The number of nitrogens with two attached hydrogens (primary N) is 1. The lowest BCUT2D eigenvalue weighted by Gasteiger charge is -2.21. The van der Waals surface area contributed by atoms with Crippen LogP contribution >= 0.6 is 0 Å². The van der Waals surface area contributed by atoms with Gasteiger partial charge < -0.3 is 16.0 Å². The van der Waals surface area contributed by atoms with Crippen molar-refractivity contribution in [3.63, 3.8) is 0 Å². The van der Waals surface area contributed by atoms with Gasteiger partial charge >= 0.3 is 0 Å². The van der Waals surface area contributed by atoms with Crippen LogP contribution in [-0.2, 0) is 4.79 Å². The first kappa shape index (κ1) is 13.2. The fourth-order valence-corrected chi connectivity index (χ4v) is 1.44. The summed E-state index contributed by atoms with van der Waals surface area (Å²) < 4.78 is 0. The summed E-state index contributed by atoms with van der Waals surface area (Å²) in [6.07, 6.45) is 5.30. The number of rotatable bonds is 7. The number of anilines is 2. The standard InChI is InChI=1S/C11H19N5O/c1-3-4-5-16(8-9(12)17)11-7-14-6-10(13-2)15-11/h6-7H,3-5,8H2,1-2H3,(H2,12,17)(H,13,15). The Hall–Kier alpha value is -1.85. The Kier molecular flexibility index (Phi) is 5.19. The van der Waals surface area contributed by atoms with Crippen molar-refractivity contribution in [3.05, 3.63) is 12.4 Å². The summed E-state index contributed by atoms with van der Waals surface area (Å²) in [4.78, 5) is 21.3. The van der Waals surface area contributed by atoms with Crippen molar-refractivity contribution in [1.82, 2.24) is 9.97 Å². The molecule has 0 aromatic carbocycles. The van der Waals surface area contributed by atoms with E-state index in [1.54, 1.807) is 19.4 Å². The van der Waals surface area contributed by atoms with E-state index in [0.717, 1.165) is 19.4 Å². The summed E-state index contributed by atoms with van der Waals surface area (Å²) in [6.45, 7) is 3.02. The van der Waals surface area contributed by atoms with E-state index in [9.17, 15) is 4.79 Å². The van der Waals surface area contributed by atoms with E-state index >= 15 is 0 Å². The number of hydrogen-bond donors (Lipinski definition) is 2. The van der Waals surface area contributed by atoms with Crippen molar-refractivity contribution < 1.29 is 4.79 Å². The first-order valence-corrected chi connectivity index (χ1v) is 5.70. The molecule has 0 atom stereocenters. The molecule has 94 valence electrons. The zero-order valence-electron chi connectivity index (χ0n) is 10.3. The highest BCUT2D eigenvalue weighted by molar-refractivity contribution is 5.79. The maximum atomic E-state index is 11.0. The smallest absolute Gasteiger partial charge is 0.236 e. The van der Waals surface area contributed by atoms with Gasteiger partial charge in [0.25, 0.3) is 0 Å². The lowest BCUT2D eigenvalue weighted by molar-refractivity contribution is -0.116. The number of amides is 1. The molecule has 1 amide bonds. The zero-order chi connectivity index (χ0) is 12.7. The highest BCUT2D eigenvalue weighted by Crippen LogP contribution is 2.12. The third-order valence-electron chi connectivity index (χ3n) is 2.33. The second kappa shape index (κ2) is 6.67. The average molecular weight is 237 g/mol. The molecule has 0 unspecified atom stereocenters. The highest BCUT2D eigenvalue weighted by Gasteiger charge is 2.11. The van der Waals surface area contributed by atoms with Crippen molar-refractivity contribution in [1.29, 1.82) is 0 Å². The molecule has 6 heteroatoms. The van der Waals surface area contributed by atoms with Crippen molar-refractivity contribution >= 4 is 17.5 Å². The first-order valence-electron chi connectivity index (χ1n) is 5.70. The highest BCUT2D eigenvalue weighted by atomic mass is 16.1. The van der Waals surface area contributed by atoms with Crippen LogP contribution in [0.4, 0.5) is 11.6 Å². The van der Waals surface area contributed by atoms with Gasteiger partial charge in [0.1, 0.15) is 11.6 Å². The van der Waals surface area contributed by atoms with Crippen LogP contribution in [0.25, 0.3) is 0 Å². The number of primary amides is 1. The van der Waals surface area contributed by atoms with Gasteiger partial charge in [0, 0.05) is 13.6 Å². The number of nitrogens with zero attached hydrogens (tertiary/aromatic N) is 3. The van der Waals surface area contributed by atoms with Crippen LogP contribution in [0.1, 0.15) is 19.8 Å². The number of aromatic nitrogens is 2. The van der Waals surface area contributed by atoms with Crippen molar-refractivity contribution in [3.8, 4) is 0 Å². The van der Waals surface area contributed by atoms with Gasteiger partial charge in [-0.05, 0) is 6.42 Å². The Bertz CT molecular complexity index is 369. The number of carbonyl (C=O) groups excluding carboxylic acids is 1. The fraction of sp³-hybridized carbons (Fsp3) is 0.545. The van der Waals surface area contributed by atoms with Gasteiger partial charge in [-0.25, -0.2) is 4.98 Å². The zero-order valence-corrected chi connectivity index (χ0v) is 10.3. The van der Waals surface area contributed by atoms with Crippen LogP contribution in [0.5, 0.6) is 0 Å². The van der Waals surface area contributed by atoms with E-state index in [0.29, 0.717) is 11.6 Å². The minimum absolute atomic E-state index is 0.168. The molecule has 0 bridgehead atoms. The van der Waals surface area contributed by atoms with Gasteiger partial charge in [-0.1, -0.05) is 13.3 Å². The molecule has 0 saturated carbocycles. The summed E-state index contributed by atoms with van der Waals surface area (Å²) >= 11 is 0. The van der Waals surface area contributed by atoms with E-state index in [4.69, 9.17) is 5.73 Å². The van der Waals surface area contributed by atoms with Crippen LogP contribution in [0.2, 0.25) is 0 Å². The molecule has 0 aliphatic rings. The van der Waals surface area contributed by atoms with Crippen molar-refractivity contribution in [2.75, 3.05) is 30.4 Å². The molecule has 0 aliphatic heterocycles. The quantitative estimate of drug-likeness (QED) is 0.726. The third kappa shape index (κ3) is 4.26. The van der Waals surface area contributed by atoms with Crippen LogP contribution in [-0.4, -0.2) is 36.0 Å². The number of nitrogens with one attached hydrogen (secondary N) is 1. The molecular formula is C11H19N5O. The van der Waals surface area contributed by atoms with Crippen LogP contribution in [0.15, 0.2) is 12.4 Å². The molecule has 0 spiro atoms. The minimum Gasteiger partial charge on any atom is -0.372 e.